The summed E-state index contributed by atoms with van der Waals surface area (Å²) in [5, 5.41) is 0. The predicted octanol–water partition coefficient (Wildman–Crippen LogP) is 4.23. The molecule has 3 heteroatoms. The first-order valence-electron chi connectivity index (χ1n) is 9.57. The lowest BCUT2D eigenvalue weighted by atomic mass is 9.83. The third-order valence-corrected chi connectivity index (χ3v) is 6.18. The molecule has 3 aliphatic rings. The summed E-state index contributed by atoms with van der Waals surface area (Å²) in [4.78, 5) is 28.0. The number of carbonyl (C=O) groups is 2. The Kier molecular flexibility index (Phi) is 3.82. The van der Waals surface area contributed by atoms with Crippen LogP contribution in [0.4, 0.5) is 0 Å². The molecule has 0 radical (unpaired) electrons. The minimum absolute atomic E-state index is 0.0249. The van der Waals surface area contributed by atoms with E-state index in [2.05, 4.69) is 12.2 Å². The van der Waals surface area contributed by atoms with E-state index in [1.165, 1.54) is 0 Å². The van der Waals surface area contributed by atoms with Crippen LogP contribution in [0.15, 0.2) is 84.6 Å². The van der Waals surface area contributed by atoms with E-state index in [9.17, 15) is 9.59 Å². The molecular weight excluding hydrogens is 334 g/mol. The number of benzene rings is 2. The average molecular weight is 355 g/mol. The van der Waals surface area contributed by atoms with Crippen LogP contribution in [-0.2, 0) is 11.3 Å². The highest BCUT2D eigenvalue weighted by atomic mass is 16.2. The summed E-state index contributed by atoms with van der Waals surface area (Å²) in [5.74, 6) is 1.03. The highest BCUT2D eigenvalue weighted by molar-refractivity contribution is 6.00. The predicted molar refractivity (Wildman–Crippen MR) is 104 cm³/mol. The summed E-state index contributed by atoms with van der Waals surface area (Å²) in [5.41, 5.74) is 2.63. The molecule has 3 nitrogen and oxygen atoms in total. The molecule has 0 aromatic heterocycles. The highest BCUT2D eigenvalue weighted by Crippen LogP contribution is 2.55. The van der Waals surface area contributed by atoms with Gasteiger partial charge in [-0.25, -0.2) is 0 Å². The van der Waals surface area contributed by atoms with Gasteiger partial charge in [0.05, 0.1) is 6.54 Å². The molecule has 134 valence electrons. The quantitative estimate of drug-likeness (QED) is 0.770. The normalized spacial score (nSPS) is 27.6. The van der Waals surface area contributed by atoms with Crippen LogP contribution in [0.25, 0.3) is 0 Å². The largest absolute Gasteiger partial charge is 0.307 e. The average Bonchev–Trinajstić information content (AvgIpc) is 3.41. The van der Waals surface area contributed by atoms with E-state index in [-0.39, 0.29) is 23.5 Å². The van der Waals surface area contributed by atoms with Crippen LogP contribution in [-0.4, -0.2) is 16.6 Å². The summed E-state index contributed by atoms with van der Waals surface area (Å²) in [6.45, 7) is 0.484. The fraction of sp³-hybridized carbons (Fsp3) is 0.250. The Balaban J connectivity index is 1.54. The van der Waals surface area contributed by atoms with Gasteiger partial charge >= 0.3 is 0 Å². The molecule has 0 aliphatic heterocycles. The molecule has 0 spiro atoms. The number of fused-ring (bicyclic) bond motifs is 5. The van der Waals surface area contributed by atoms with Gasteiger partial charge in [-0.1, -0.05) is 60.7 Å². The van der Waals surface area contributed by atoms with Gasteiger partial charge in [0.2, 0.25) is 0 Å². The van der Waals surface area contributed by atoms with Crippen LogP contribution in [0, 0.1) is 23.7 Å². The summed E-state index contributed by atoms with van der Waals surface area (Å²) in [7, 11) is 0. The molecule has 4 atom stereocenters. The molecule has 3 aliphatic carbocycles. The van der Waals surface area contributed by atoms with Gasteiger partial charge in [0, 0.05) is 29.2 Å². The monoisotopic (exact) mass is 355 g/mol. The molecule has 2 aromatic carbocycles. The molecule has 2 bridgehead atoms. The minimum atomic E-state index is -0.0362. The maximum absolute atomic E-state index is 13.4. The third-order valence-electron chi connectivity index (χ3n) is 6.18. The maximum Gasteiger partial charge on any atom is 0.258 e. The maximum atomic E-state index is 13.4. The summed E-state index contributed by atoms with van der Waals surface area (Å²) in [6.07, 6.45) is 7.22. The molecule has 0 saturated heterocycles. The molecule has 1 saturated carbocycles. The number of rotatable bonds is 4. The van der Waals surface area contributed by atoms with Gasteiger partial charge in [-0.2, -0.15) is 0 Å². The Morgan fingerprint density at radius 1 is 0.889 bits per heavy atom. The molecule has 27 heavy (non-hydrogen) atoms. The number of ketones is 1. The third kappa shape index (κ3) is 2.66. The van der Waals surface area contributed by atoms with Gasteiger partial charge in [0.15, 0.2) is 5.78 Å². The van der Waals surface area contributed by atoms with Gasteiger partial charge < -0.3 is 4.90 Å². The van der Waals surface area contributed by atoms with Crippen LogP contribution >= 0.6 is 0 Å². The lowest BCUT2D eigenvalue weighted by Gasteiger charge is -2.31. The Morgan fingerprint density at radius 3 is 2.22 bits per heavy atom. The summed E-state index contributed by atoms with van der Waals surface area (Å²) < 4.78 is 0. The zero-order valence-electron chi connectivity index (χ0n) is 15.0. The molecular formula is C24H21NO2. The van der Waals surface area contributed by atoms with Crippen LogP contribution in [0.3, 0.4) is 0 Å². The van der Waals surface area contributed by atoms with Crippen molar-refractivity contribution in [1.82, 2.24) is 4.90 Å². The first kappa shape index (κ1) is 16.2. The zero-order valence-corrected chi connectivity index (χ0v) is 15.0. The van der Waals surface area contributed by atoms with E-state index in [1.807, 2.05) is 65.6 Å². The lowest BCUT2D eigenvalue weighted by molar-refractivity contribution is -0.118. The number of amides is 1. The standard InChI is InChI=1S/C24H21NO2/c26-21-14-20(22-18-11-12-19(13-18)23(21)22)25(15-16-7-3-1-4-8-16)24(27)17-9-5-2-6-10-17/h1-12,14,18-19,22-23H,13,15H2/t18-,19+,22+,23-/m0/s1. The molecule has 0 heterocycles. The molecule has 2 aromatic rings. The van der Waals surface area contributed by atoms with E-state index in [0.717, 1.165) is 17.7 Å². The van der Waals surface area contributed by atoms with Crippen molar-refractivity contribution in [1.29, 1.82) is 0 Å². The Morgan fingerprint density at radius 2 is 1.52 bits per heavy atom. The van der Waals surface area contributed by atoms with E-state index in [1.54, 1.807) is 6.08 Å². The second kappa shape index (κ2) is 6.34. The lowest BCUT2D eigenvalue weighted by Crippen LogP contribution is -2.34. The molecule has 0 N–H and O–H groups in total. The topological polar surface area (TPSA) is 37.4 Å². The minimum Gasteiger partial charge on any atom is -0.307 e. The van der Waals surface area contributed by atoms with Crippen molar-refractivity contribution >= 4 is 11.7 Å². The fourth-order valence-electron chi connectivity index (χ4n) is 4.99. The van der Waals surface area contributed by atoms with E-state index >= 15 is 0 Å². The molecule has 0 unspecified atom stereocenters. The van der Waals surface area contributed by atoms with Gasteiger partial charge in [-0.15, -0.1) is 0 Å². The van der Waals surface area contributed by atoms with Crippen LogP contribution in [0.2, 0.25) is 0 Å². The van der Waals surface area contributed by atoms with Gasteiger partial charge in [0.25, 0.3) is 5.91 Å². The number of carbonyl (C=O) groups excluding carboxylic acids is 2. The number of hydrogen-bond acceptors (Lipinski definition) is 2. The van der Waals surface area contributed by atoms with Crippen molar-refractivity contribution in [2.45, 2.75) is 13.0 Å². The van der Waals surface area contributed by atoms with Crippen molar-refractivity contribution < 1.29 is 9.59 Å². The summed E-state index contributed by atoms with van der Waals surface area (Å²) >= 11 is 0. The molecule has 5 rings (SSSR count). The highest BCUT2D eigenvalue weighted by Gasteiger charge is 2.53. The van der Waals surface area contributed by atoms with Gasteiger partial charge in [-0.05, 0) is 36.0 Å². The van der Waals surface area contributed by atoms with E-state index < -0.39 is 0 Å². The molecule has 1 amide bonds. The van der Waals surface area contributed by atoms with Gasteiger partial charge in [0.1, 0.15) is 0 Å². The molecule has 1 fully saturated rings. The number of nitrogens with zero attached hydrogens (tertiary/aromatic N) is 1. The van der Waals surface area contributed by atoms with Crippen LogP contribution in [0.1, 0.15) is 22.3 Å². The second-order valence-electron chi connectivity index (χ2n) is 7.71. The number of allylic oxidation sites excluding steroid dienone is 4. The smallest absolute Gasteiger partial charge is 0.258 e. The van der Waals surface area contributed by atoms with Crippen LogP contribution < -0.4 is 0 Å². The SMILES string of the molecule is O=C1C=C(N(Cc2ccccc2)C(=O)c2ccccc2)[C@@H]2[C@H]1[C@@H]1C=C[C@H]2C1. The van der Waals surface area contributed by atoms with E-state index in [0.29, 0.717) is 23.9 Å². The van der Waals surface area contributed by atoms with Crippen molar-refractivity contribution in [2.24, 2.45) is 23.7 Å². The van der Waals surface area contributed by atoms with Crippen molar-refractivity contribution in [3.05, 3.63) is 95.7 Å². The Labute approximate surface area is 159 Å². The Bertz CT molecular complexity index is 945. The Hall–Kier alpha value is -2.94. The summed E-state index contributed by atoms with van der Waals surface area (Å²) in [6, 6.07) is 19.4. The zero-order chi connectivity index (χ0) is 18.4. The van der Waals surface area contributed by atoms with Crippen molar-refractivity contribution in [3.63, 3.8) is 0 Å². The van der Waals surface area contributed by atoms with Gasteiger partial charge in [-0.3, -0.25) is 9.59 Å². The second-order valence-corrected chi connectivity index (χ2v) is 7.71. The van der Waals surface area contributed by atoms with E-state index in [4.69, 9.17) is 0 Å². The first-order valence-corrected chi connectivity index (χ1v) is 9.57. The first-order chi connectivity index (χ1) is 13.2. The fourth-order valence-corrected chi connectivity index (χ4v) is 4.99. The number of hydrogen-bond donors (Lipinski definition) is 0. The van der Waals surface area contributed by atoms with Crippen LogP contribution in [0.5, 0.6) is 0 Å². The van der Waals surface area contributed by atoms with Crippen molar-refractivity contribution in [3.8, 4) is 0 Å². The van der Waals surface area contributed by atoms with Crippen molar-refractivity contribution in [2.75, 3.05) is 0 Å².